The van der Waals surface area contributed by atoms with Gasteiger partial charge in [-0.15, -0.1) is 0 Å². The Bertz CT molecular complexity index is 845. The molecule has 6 atom stereocenters. The Morgan fingerprint density at radius 2 is 1.89 bits per heavy atom. The molecular weight excluding hydrogens is 334 g/mol. The van der Waals surface area contributed by atoms with Crippen molar-refractivity contribution in [3.63, 3.8) is 0 Å². The second-order valence-electron chi connectivity index (χ2n) is 10.1. The Kier molecular flexibility index (Phi) is 3.40. The van der Waals surface area contributed by atoms with E-state index in [2.05, 4.69) is 57.2 Å². The van der Waals surface area contributed by atoms with E-state index in [1.165, 1.54) is 5.56 Å². The van der Waals surface area contributed by atoms with Gasteiger partial charge in [-0.1, -0.05) is 63.3 Å². The molecule has 2 amide bonds. The molecule has 1 saturated heterocycles. The van der Waals surface area contributed by atoms with Crippen molar-refractivity contribution in [1.29, 1.82) is 0 Å². The van der Waals surface area contributed by atoms with Gasteiger partial charge in [0, 0.05) is 11.5 Å². The van der Waals surface area contributed by atoms with Gasteiger partial charge in [0.25, 0.3) is 0 Å². The van der Waals surface area contributed by atoms with Crippen molar-refractivity contribution in [2.24, 2.45) is 28.1 Å². The Morgan fingerprint density at radius 1 is 1.15 bits per heavy atom. The van der Waals surface area contributed by atoms with Gasteiger partial charge >= 0.3 is 0 Å². The fraction of sp³-hybridized carbons (Fsp3) is 0.583. The second kappa shape index (κ2) is 5.33. The van der Waals surface area contributed by atoms with Crippen LogP contribution in [-0.4, -0.2) is 22.8 Å². The number of amides is 2. The maximum atomic E-state index is 13.7. The normalized spacial score (nSPS) is 44.5. The fourth-order valence-corrected chi connectivity index (χ4v) is 6.75. The number of benzene rings is 1. The average Bonchev–Trinajstić information content (AvgIpc) is 3.34. The Balaban J connectivity index is 1.50. The molecule has 3 heteroatoms. The molecule has 1 heterocycles. The molecule has 142 valence electrons. The van der Waals surface area contributed by atoms with Gasteiger partial charge in [0.05, 0.1) is 10.8 Å². The minimum atomic E-state index is -0.438. The van der Waals surface area contributed by atoms with Crippen LogP contribution in [0.2, 0.25) is 0 Å². The molecule has 4 bridgehead atoms. The minimum Gasteiger partial charge on any atom is -0.278 e. The summed E-state index contributed by atoms with van der Waals surface area (Å²) in [6.07, 6.45) is 9.15. The lowest BCUT2D eigenvalue weighted by Gasteiger charge is -2.38. The Morgan fingerprint density at radius 3 is 2.52 bits per heavy atom. The summed E-state index contributed by atoms with van der Waals surface area (Å²) in [7, 11) is 0. The summed E-state index contributed by atoms with van der Waals surface area (Å²) in [6.45, 7) is 6.44. The van der Waals surface area contributed by atoms with E-state index < -0.39 is 10.8 Å². The first-order chi connectivity index (χ1) is 12.8. The summed E-state index contributed by atoms with van der Waals surface area (Å²) in [5.41, 5.74) is 0.232. The van der Waals surface area contributed by atoms with Crippen LogP contribution >= 0.6 is 0 Å². The highest BCUT2D eigenvalue weighted by Gasteiger charge is 2.70. The average molecular weight is 364 g/mol. The molecular formula is C24H29NO2. The number of carbonyl (C=O) groups is 2. The van der Waals surface area contributed by atoms with E-state index in [-0.39, 0.29) is 23.3 Å². The van der Waals surface area contributed by atoms with E-state index >= 15 is 0 Å². The molecule has 3 fully saturated rings. The first-order valence-corrected chi connectivity index (χ1v) is 10.4. The maximum Gasteiger partial charge on any atom is 0.236 e. The van der Waals surface area contributed by atoms with Gasteiger partial charge in [0.1, 0.15) is 0 Å². The zero-order valence-corrected chi connectivity index (χ0v) is 16.6. The lowest BCUT2D eigenvalue weighted by atomic mass is 9.66. The van der Waals surface area contributed by atoms with Crippen LogP contribution in [0.3, 0.4) is 0 Å². The molecule has 3 nitrogen and oxygen atoms in total. The highest BCUT2D eigenvalue weighted by molar-refractivity contribution is 6.04. The van der Waals surface area contributed by atoms with Crippen molar-refractivity contribution in [1.82, 2.24) is 4.90 Å². The maximum absolute atomic E-state index is 13.7. The summed E-state index contributed by atoms with van der Waals surface area (Å²) in [6, 6.07) is 10.5. The number of likely N-dealkylation sites (tertiary alicyclic amines) is 1. The van der Waals surface area contributed by atoms with Crippen molar-refractivity contribution in [3.05, 3.63) is 48.0 Å². The van der Waals surface area contributed by atoms with Gasteiger partial charge in [-0.2, -0.15) is 0 Å². The van der Waals surface area contributed by atoms with Gasteiger partial charge < -0.3 is 0 Å². The number of nitrogens with zero attached hydrogens (tertiary/aromatic N) is 1. The molecule has 4 aliphatic rings. The Labute approximate surface area is 161 Å². The largest absolute Gasteiger partial charge is 0.278 e. The number of allylic oxidation sites excluding steroid dienone is 2. The fourth-order valence-electron chi connectivity index (χ4n) is 6.75. The number of rotatable bonds is 3. The van der Waals surface area contributed by atoms with E-state index in [0.717, 1.165) is 32.1 Å². The predicted molar refractivity (Wildman–Crippen MR) is 105 cm³/mol. The number of imide groups is 1. The molecule has 0 radical (unpaired) electrons. The molecule has 0 aromatic heterocycles. The predicted octanol–water partition coefficient (Wildman–Crippen LogP) is 4.38. The summed E-state index contributed by atoms with van der Waals surface area (Å²) >= 11 is 0. The van der Waals surface area contributed by atoms with E-state index in [1.54, 1.807) is 4.90 Å². The first-order valence-electron chi connectivity index (χ1n) is 10.4. The zero-order valence-electron chi connectivity index (χ0n) is 16.6. The van der Waals surface area contributed by atoms with E-state index in [4.69, 9.17) is 0 Å². The van der Waals surface area contributed by atoms with Crippen LogP contribution < -0.4 is 0 Å². The molecule has 1 aliphatic heterocycles. The molecule has 3 aliphatic carbocycles. The van der Waals surface area contributed by atoms with Crippen LogP contribution in [0.25, 0.3) is 0 Å². The molecule has 27 heavy (non-hydrogen) atoms. The van der Waals surface area contributed by atoms with E-state index in [0.29, 0.717) is 11.8 Å². The molecule has 1 aromatic rings. The van der Waals surface area contributed by atoms with Gasteiger partial charge in [-0.25, -0.2) is 0 Å². The molecule has 1 aromatic carbocycles. The van der Waals surface area contributed by atoms with Crippen molar-refractivity contribution in [2.45, 2.75) is 58.9 Å². The van der Waals surface area contributed by atoms with Gasteiger partial charge in [0.15, 0.2) is 0 Å². The number of carbonyl (C=O) groups excluding carboxylic acids is 2. The number of fused-ring (bicyclic) bond motifs is 4. The number of hydrogen-bond acceptors (Lipinski definition) is 2. The molecule has 0 unspecified atom stereocenters. The first kappa shape index (κ1) is 17.2. The van der Waals surface area contributed by atoms with Crippen molar-refractivity contribution in [3.8, 4) is 0 Å². The van der Waals surface area contributed by atoms with Crippen LogP contribution in [0, 0.1) is 28.1 Å². The smallest absolute Gasteiger partial charge is 0.236 e. The summed E-state index contributed by atoms with van der Waals surface area (Å²) in [4.78, 5) is 29.0. The van der Waals surface area contributed by atoms with Gasteiger partial charge in [-0.3, -0.25) is 14.5 Å². The third-order valence-corrected chi connectivity index (χ3v) is 8.71. The van der Waals surface area contributed by atoms with Crippen LogP contribution in [0.1, 0.15) is 52.0 Å². The molecule has 5 rings (SSSR count). The van der Waals surface area contributed by atoms with Crippen LogP contribution in [-0.2, 0) is 16.0 Å². The van der Waals surface area contributed by atoms with E-state index in [9.17, 15) is 9.59 Å². The van der Waals surface area contributed by atoms with Crippen molar-refractivity contribution < 1.29 is 9.59 Å². The third-order valence-electron chi connectivity index (χ3n) is 8.71. The monoisotopic (exact) mass is 363 g/mol. The molecule has 2 saturated carbocycles. The van der Waals surface area contributed by atoms with Crippen molar-refractivity contribution >= 4 is 11.8 Å². The summed E-state index contributed by atoms with van der Waals surface area (Å²) in [5, 5.41) is 0. The quantitative estimate of drug-likeness (QED) is 0.590. The van der Waals surface area contributed by atoms with Gasteiger partial charge in [0.2, 0.25) is 11.8 Å². The van der Waals surface area contributed by atoms with E-state index in [1.807, 2.05) is 6.07 Å². The number of hydrogen-bond donors (Lipinski definition) is 0. The standard InChI is InChI=1S/C24H29NO2/c1-22(14-17-9-10-18(22)13-17)20(26)25-19-11-12-23(2,21(25)27)24(19,3)15-16-7-5-4-6-8-16/h4-10,17-19H,11-15H2,1-3H3/t17-,18+,19-,22-,23-,24-/m0/s1. The summed E-state index contributed by atoms with van der Waals surface area (Å²) in [5.74, 6) is 0.993. The molecule has 0 spiro atoms. The van der Waals surface area contributed by atoms with Crippen LogP contribution in [0.5, 0.6) is 0 Å². The molecule has 0 N–H and O–H groups in total. The van der Waals surface area contributed by atoms with Crippen LogP contribution in [0.15, 0.2) is 42.5 Å². The summed E-state index contributed by atoms with van der Waals surface area (Å²) < 4.78 is 0. The highest BCUT2D eigenvalue weighted by Crippen LogP contribution is 2.64. The topological polar surface area (TPSA) is 37.4 Å². The minimum absolute atomic E-state index is 0.0302. The number of piperidine rings is 1. The lowest BCUT2D eigenvalue weighted by molar-refractivity contribution is -0.156. The zero-order chi connectivity index (χ0) is 19.0. The van der Waals surface area contributed by atoms with Gasteiger partial charge in [-0.05, 0) is 49.5 Å². The second-order valence-corrected chi connectivity index (χ2v) is 10.1. The van der Waals surface area contributed by atoms with Crippen LogP contribution in [0.4, 0.5) is 0 Å². The lowest BCUT2D eigenvalue weighted by Crippen LogP contribution is -2.51. The Hall–Kier alpha value is -1.90. The van der Waals surface area contributed by atoms with Crippen molar-refractivity contribution in [2.75, 3.05) is 0 Å². The highest BCUT2D eigenvalue weighted by atomic mass is 16.2. The SMILES string of the molecule is C[C@]12CC[C@H](N(C(=O)[C@@]3(C)C[C@H]4C=C[C@@H]3C4)C1=O)[C@]2(C)Cc1ccccc1. The third kappa shape index (κ3) is 2.03.